The smallest absolute Gasteiger partial charge is 0.220 e. The minimum atomic E-state index is 0.0174. The highest BCUT2D eigenvalue weighted by Gasteiger charge is 2.33. The van der Waals surface area contributed by atoms with Crippen molar-refractivity contribution in [3.63, 3.8) is 0 Å². The summed E-state index contributed by atoms with van der Waals surface area (Å²) in [6, 6.07) is 10.7. The molecule has 3 N–H and O–H groups in total. The van der Waals surface area contributed by atoms with E-state index < -0.39 is 0 Å². The zero-order chi connectivity index (χ0) is 18.2. The molecular formula is C21H33N3O2. The zero-order valence-corrected chi connectivity index (χ0v) is 15.8. The number of ether oxygens (including phenoxy) is 1. The molecule has 1 saturated carbocycles. The lowest BCUT2D eigenvalue weighted by Gasteiger charge is -2.37. The zero-order valence-electron chi connectivity index (χ0n) is 15.8. The first kappa shape index (κ1) is 19.3. The van der Waals surface area contributed by atoms with Crippen molar-refractivity contribution in [3.8, 4) is 0 Å². The van der Waals surface area contributed by atoms with Crippen molar-refractivity contribution in [2.75, 3.05) is 39.4 Å². The Morgan fingerprint density at radius 2 is 1.85 bits per heavy atom. The molecule has 1 amide bonds. The van der Waals surface area contributed by atoms with Crippen molar-refractivity contribution >= 4 is 5.91 Å². The van der Waals surface area contributed by atoms with E-state index in [9.17, 15) is 4.79 Å². The van der Waals surface area contributed by atoms with Gasteiger partial charge in [0.1, 0.15) is 0 Å². The number of carbonyl (C=O) groups is 1. The van der Waals surface area contributed by atoms with E-state index in [1.165, 1.54) is 24.8 Å². The summed E-state index contributed by atoms with van der Waals surface area (Å²) in [4.78, 5) is 15.1. The molecule has 1 heterocycles. The number of benzene rings is 1. The van der Waals surface area contributed by atoms with E-state index >= 15 is 0 Å². The summed E-state index contributed by atoms with van der Waals surface area (Å²) in [5.74, 6) is 0.145. The Kier molecular flexibility index (Phi) is 7.06. The average molecular weight is 360 g/mol. The fourth-order valence-electron chi connectivity index (χ4n) is 4.39. The summed E-state index contributed by atoms with van der Waals surface area (Å²) in [5.41, 5.74) is 7.32. The number of rotatable bonds is 7. The van der Waals surface area contributed by atoms with Gasteiger partial charge in [-0.3, -0.25) is 9.69 Å². The third-order valence-corrected chi connectivity index (χ3v) is 6.05. The summed E-state index contributed by atoms with van der Waals surface area (Å²) in [7, 11) is 0. The van der Waals surface area contributed by atoms with E-state index in [4.69, 9.17) is 10.5 Å². The van der Waals surface area contributed by atoms with Crippen molar-refractivity contribution < 1.29 is 9.53 Å². The molecule has 0 spiro atoms. The molecular weight excluding hydrogens is 326 g/mol. The van der Waals surface area contributed by atoms with E-state index in [0.717, 1.165) is 39.1 Å². The van der Waals surface area contributed by atoms with E-state index in [-0.39, 0.29) is 17.4 Å². The lowest BCUT2D eigenvalue weighted by Crippen LogP contribution is -2.45. The molecule has 0 aromatic heterocycles. The molecule has 2 fully saturated rings. The largest absolute Gasteiger partial charge is 0.379 e. The fourth-order valence-corrected chi connectivity index (χ4v) is 4.39. The highest BCUT2D eigenvalue weighted by Crippen LogP contribution is 2.38. The first-order valence-electron chi connectivity index (χ1n) is 10.1. The number of nitrogens with two attached hydrogens (primary N) is 1. The van der Waals surface area contributed by atoms with Crippen molar-refractivity contribution in [3.05, 3.63) is 35.9 Å². The monoisotopic (exact) mass is 359 g/mol. The molecule has 3 rings (SSSR count). The second-order valence-corrected chi connectivity index (χ2v) is 7.82. The Labute approximate surface area is 157 Å². The molecule has 144 valence electrons. The Bertz CT molecular complexity index is 552. The molecule has 1 aliphatic heterocycles. The standard InChI is InChI=1S/C21H33N3O2/c22-17-21(9-5-2-6-10-21)15-20(25)23-16-19(18-7-3-1-4-8-18)24-11-13-26-14-12-24/h1,3-4,7-8,19H,2,5-6,9-17,22H2,(H,23,25). The van der Waals surface area contributed by atoms with Gasteiger partial charge < -0.3 is 15.8 Å². The van der Waals surface area contributed by atoms with Crippen LogP contribution in [0.15, 0.2) is 30.3 Å². The summed E-state index contributed by atoms with van der Waals surface area (Å²) in [6.07, 6.45) is 6.41. The third-order valence-electron chi connectivity index (χ3n) is 6.05. The van der Waals surface area contributed by atoms with Crippen LogP contribution < -0.4 is 11.1 Å². The molecule has 1 saturated heterocycles. The Morgan fingerprint density at radius 3 is 2.50 bits per heavy atom. The summed E-state index contributed by atoms with van der Waals surface area (Å²) >= 11 is 0. The maximum atomic E-state index is 12.7. The van der Waals surface area contributed by atoms with Crippen LogP contribution in [0.3, 0.4) is 0 Å². The second-order valence-electron chi connectivity index (χ2n) is 7.82. The molecule has 0 radical (unpaired) electrons. The van der Waals surface area contributed by atoms with Crippen molar-refractivity contribution in [1.29, 1.82) is 0 Å². The highest BCUT2D eigenvalue weighted by molar-refractivity contribution is 5.76. The van der Waals surface area contributed by atoms with Crippen LogP contribution in [0.5, 0.6) is 0 Å². The molecule has 1 aliphatic carbocycles. The molecule has 5 heteroatoms. The van der Waals surface area contributed by atoms with Gasteiger partial charge in [-0.1, -0.05) is 49.6 Å². The van der Waals surface area contributed by atoms with Gasteiger partial charge >= 0.3 is 0 Å². The van der Waals surface area contributed by atoms with Crippen molar-refractivity contribution in [2.45, 2.75) is 44.6 Å². The van der Waals surface area contributed by atoms with Crippen LogP contribution in [0.4, 0.5) is 0 Å². The Morgan fingerprint density at radius 1 is 1.15 bits per heavy atom. The van der Waals surface area contributed by atoms with Gasteiger partial charge in [0.2, 0.25) is 5.91 Å². The molecule has 26 heavy (non-hydrogen) atoms. The van der Waals surface area contributed by atoms with Crippen LogP contribution >= 0.6 is 0 Å². The lowest BCUT2D eigenvalue weighted by atomic mass is 9.71. The number of nitrogens with one attached hydrogen (secondary N) is 1. The SMILES string of the molecule is NCC1(CC(=O)NCC(c2ccccc2)N2CCOCC2)CCCCC1. The predicted octanol–water partition coefficient (Wildman–Crippen LogP) is 2.48. The molecule has 0 bridgehead atoms. The average Bonchev–Trinajstić information content (AvgIpc) is 2.70. The minimum absolute atomic E-state index is 0.0174. The highest BCUT2D eigenvalue weighted by atomic mass is 16.5. The van der Waals surface area contributed by atoms with Crippen LogP contribution in [0, 0.1) is 5.41 Å². The van der Waals surface area contributed by atoms with E-state index in [1.54, 1.807) is 0 Å². The number of morpholine rings is 1. The number of hydrogen-bond donors (Lipinski definition) is 2. The van der Waals surface area contributed by atoms with Crippen LogP contribution in [-0.4, -0.2) is 50.2 Å². The van der Waals surface area contributed by atoms with Gasteiger partial charge in [0, 0.05) is 26.1 Å². The summed E-state index contributed by atoms with van der Waals surface area (Å²) in [6.45, 7) is 4.58. The number of amides is 1. The van der Waals surface area contributed by atoms with E-state index in [0.29, 0.717) is 19.5 Å². The van der Waals surface area contributed by atoms with Crippen LogP contribution in [0.1, 0.15) is 50.1 Å². The number of nitrogens with zero attached hydrogens (tertiary/aromatic N) is 1. The quantitative estimate of drug-likeness (QED) is 0.785. The van der Waals surface area contributed by atoms with Gasteiger partial charge in [-0.15, -0.1) is 0 Å². The second kappa shape index (κ2) is 9.49. The molecule has 1 unspecified atom stereocenters. The van der Waals surface area contributed by atoms with Crippen molar-refractivity contribution in [2.24, 2.45) is 11.1 Å². The predicted molar refractivity (Wildman–Crippen MR) is 104 cm³/mol. The number of hydrogen-bond acceptors (Lipinski definition) is 4. The van der Waals surface area contributed by atoms with Crippen LogP contribution in [-0.2, 0) is 9.53 Å². The van der Waals surface area contributed by atoms with Gasteiger partial charge in [0.25, 0.3) is 0 Å². The first-order valence-corrected chi connectivity index (χ1v) is 10.1. The van der Waals surface area contributed by atoms with Gasteiger partial charge in [0.05, 0.1) is 19.3 Å². The molecule has 2 aliphatic rings. The third kappa shape index (κ3) is 5.06. The lowest BCUT2D eigenvalue weighted by molar-refractivity contribution is -0.124. The molecule has 1 atom stereocenters. The topological polar surface area (TPSA) is 67.6 Å². The summed E-state index contributed by atoms with van der Waals surface area (Å²) < 4.78 is 5.50. The van der Waals surface area contributed by atoms with Crippen LogP contribution in [0.25, 0.3) is 0 Å². The van der Waals surface area contributed by atoms with E-state index in [2.05, 4.69) is 34.5 Å². The van der Waals surface area contributed by atoms with Gasteiger partial charge in [0.15, 0.2) is 0 Å². The maximum absolute atomic E-state index is 12.7. The Balaban J connectivity index is 1.60. The summed E-state index contributed by atoms with van der Waals surface area (Å²) in [5, 5.41) is 3.21. The van der Waals surface area contributed by atoms with Crippen molar-refractivity contribution in [1.82, 2.24) is 10.2 Å². The van der Waals surface area contributed by atoms with Crippen LogP contribution in [0.2, 0.25) is 0 Å². The van der Waals surface area contributed by atoms with Gasteiger partial charge in [-0.2, -0.15) is 0 Å². The first-order chi connectivity index (χ1) is 12.7. The molecule has 1 aromatic carbocycles. The minimum Gasteiger partial charge on any atom is -0.379 e. The van der Waals surface area contributed by atoms with Gasteiger partial charge in [-0.25, -0.2) is 0 Å². The molecule has 1 aromatic rings. The number of carbonyl (C=O) groups excluding carboxylic acids is 1. The van der Waals surface area contributed by atoms with Gasteiger partial charge in [-0.05, 0) is 30.4 Å². The fraction of sp³-hybridized carbons (Fsp3) is 0.667. The Hall–Kier alpha value is -1.43. The molecule has 5 nitrogen and oxygen atoms in total. The normalized spacial score (nSPS) is 21.9. The van der Waals surface area contributed by atoms with E-state index in [1.807, 2.05) is 6.07 Å². The maximum Gasteiger partial charge on any atom is 0.220 e.